The van der Waals surface area contributed by atoms with Crippen molar-refractivity contribution in [3.05, 3.63) is 0 Å². The number of methoxy groups -OCH3 is 1. The minimum atomic E-state index is 0.235. The van der Waals surface area contributed by atoms with Crippen LogP contribution in [0.4, 0.5) is 0 Å². The number of nitrogens with zero attached hydrogens (tertiary/aromatic N) is 2. The molecule has 0 aromatic heterocycles. The van der Waals surface area contributed by atoms with Crippen molar-refractivity contribution in [3.63, 3.8) is 0 Å². The van der Waals surface area contributed by atoms with Crippen molar-refractivity contribution < 1.29 is 4.74 Å². The maximum absolute atomic E-state index is 5.88. The summed E-state index contributed by atoms with van der Waals surface area (Å²) in [4.78, 5) is 6.36. The van der Waals surface area contributed by atoms with Crippen molar-refractivity contribution in [1.29, 1.82) is 0 Å². The standard InChI is InChI=1S/C10H23N3O/c1-8(2)12-10(11)13(9(3)4)6-7-14-5/h8-9H,6-7H2,1-5H3,(H2,11,12). The molecule has 0 unspecified atom stereocenters. The van der Waals surface area contributed by atoms with E-state index in [1.54, 1.807) is 7.11 Å². The topological polar surface area (TPSA) is 50.9 Å². The molecule has 0 aliphatic carbocycles. The summed E-state index contributed by atoms with van der Waals surface area (Å²) in [5.41, 5.74) is 5.88. The van der Waals surface area contributed by atoms with Gasteiger partial charge in [-0.2, -0.15) is 0 Å². The van der Waals surface area contributed by atoms with E-state index in [0.717, 1.165) is 6.54 Å². The lowest BCUT2D eigenvalue weighted by Gasteiger charge is -2.27. The molecule has 0 rings (SSSR count). The summed E-state index contributed by atoms with van der Waals surface area (Å²) in [5.74, 6) is 0.604. The molecule has 2 N–H and O–H groups in total. The Morgan fingerprint density at radius 1 is 1.36 bits per heavy atom. The zero-order valence-electron chi connectivity index (χ0n) is 9.95. The molecule has 4 nitrogen and oxygen atoms in total. The molecule has 0 fully saturated rings. The van der Waals surface area contributed by atoms with Crippen LogP contribution in [0.5, 0.6) is 0 Å². The smallest absolute Gasteiger partial charge is 0.191 e. The summed E-state index contributed by atoms with van der Waals surface area (Å²) in [6, 6.07) is 0.589. The van der Waals surface area contributed by atoms with Crippen LogP contribution in [0.3, 0.4) is 0 Å². The van der Waals surface area contributed by atoms with Crippen molar-refractivity contribution in [2.45, 2.75) is 39.8 Å². The third-order valence-corrected chi connectivity index (χ3v) is 1.84. The van der Waals surface area contributed by atoms with Gasteiger partial charge in [0.15, 0.2) is 5.96 Å². The predicted octanol–water partition coefficient (Wildman–Crippen LogP) is 1.07. The van der Waals surface area contributed by atoms with Gasteiger partial charge in [-0.05, 0) is 27.7 Å². The second-order valence-corrected chi connectivity index (χ2v) is 3.86. The van der Waals surface area contributed by atoms with Crippen molar-refractivity contribution in [3.8, 4) is 0 Å². The average molecular weight is 201 g/mol. The van der Waals surface area contributed by atoms with Crippen LogP contribution in [0.25, 0.3) is 0 Å². The zero-order valence-corrected chi connectivity index (χ0v) is 9.95. The molecule has 0 saturated heterocycles. The Morgan fingerprint density at radius 2 is 1.93 bits per heavy atom. The lowest BCUT2D eigenvalue weighted by molar-refractivity contribution is 0.166. The summed E-state index contributed by atoms with van der Waals surface area (Å²) in [6.45, 7) is 9.68. The van der Waals surface area contributed by atoms with Crippen molar-refractivity contribution in [2.24, 2.45) is 10.7 Å². The van der Waals surface area contributed by atoms with Crippen LogP contribution in [0.2, 0.25) is 0 Å². The van der Waals surface area contributed by atoms with Crippen molar-refractivity contribution in [2.75, 3.05) is 20.3 Å². The SMILES string of the molecule is COCCN(C(N)=NC(C)C)C(C)C. The second-order valence-electron chi connectivity index (χ2n) is 3.86. The van der Waals surface area contributed by atoms with Crippen LogP contribution in [0.15, 0.2) is 4.99 Å². The molecule has 0 spiro atoms. The predicted molar refractivity (Wildman–Crippen MR) is 60.5 cm³/mol. The van der Waals surface area contributed by atoms with E-state index in [1.807, 2.05) is 18.7 Å². The van der Waals surface area contributed by atoms with Gasteiger partial charge in [0.05, 0.1) is 6.61 Å². The number of nitrogens with two attached hydrogens (primary N) is 1. The normalized spacial score (nSPS) is 12.6. The Bertz CT molecular complexity index is 178. The van der Waals surface area contributed by atoms with Crippen LogP contribution in [-0.2, 0) is 4.74 Å². The highest BCUT2D eigenvalue weighted by atomic mass is 16.5. The molecule has 0 aromatic carbocycles. The first kappa shape index (κ1) is 13.2. The quantitative estimate of drug-likeness (QED) is 0.534. The zero-order chi connectivity index (χ0) is 11.1. The molecule has 0 heterocycles. The van der Waals surface area contributed by atoms with Crippen LogP contribution in [0.1, 0.15) is 27.7 Å². The number of ether oxygens (including phenoxy) is 1. The second kappa shape index (κ2) is 6.65. The molecular weight excluding hydrogens is 178 g/mol. The van der Waals surface area contributed by atoms with E-state index in [4.69, 9.17) is 10.5 Å². The first-order valence-electron chi connectivity index (χ1n) is 5.07. The Morgan fingerprint density at radius 3 is 2.29 bits per heavy atom. The molecule has 14 heavy (non-hydrogen) atoms. The summed E-state index contributed by atoms with van der Waals surface area (Å²) < 4.78 is 5.03. The Kier molecular flexibility index (Phi) is 6.28. The van der Waals surface area contributed by atoms with Gasteiger partial charge in [-0.1, -0.05) is 0 Å². The average Bonchev–Trinajstić information content (AvgIpc) is 2.02. The third kappa shape index (κ3) is 5.07. The molecule has 0 saturated carbocycles. The molecule has 0 aromatic rings. The lowest BCUT2D eigenvalue weighted by Crippen LogP contribution is -2.44. The van der Waals surface area contributed by atoms with Gasteiger partial charge < -0.3 is 15.4 Å². The summed E-state index contributed by atoms with van der Waals surface area (Å²) in [7, 11) is 1.69. The Labute approximate surface area is 87.1 Å². The molecule has 4 heteroatoms. The minimum absolute atomic E-state index is 0.235. The van der Waals surface area contributed by atoms with E-state index in [0.29, 0.717) is 18.6 Å². The van der Waals surface area contributed by atoms with Gasteiger partial charge in [0.1, 0.15) is 0 Å². The maximum Gasteiger partial charge on any atom is 0.191 e. The minimum Gasteiger partial charge on any atom is -0.383 e. The lowest BCUT2D eigenvalue weighted by atomic mass is 10.3. The molecular formula is C10H23N3O. The van der Waals surface area contributed by atoms with E-state index >= 15 is 0 Å². The molecule has 0 aliphatic heterocycles. The van der Waals surface area contributed by atoms with E-state index in [-0.39, 0.29) is 6.04 Å². The summed E-state index contributed by atoms with van der Waals surface area (Å²) in [6.07, 6.45) is 0. The van der Waals surface area contributed by atoms with Crippen LogP contribution < -0.4 is 5.73 Å². The van der Waals surface area contributed by atoms with Crippen molar-refractivity contribution in [1.82, 2.24) is 4.90 Å². The molecule has 0 amide bonds. The first-order chi connectivity index (χ1) is 6.49. The fourth-order valence-electron chi connectivity index (χ4n) is 1.17. The number of guanidine groups is 1. The highest BCUT2D eigenvalue weighted by molar-refractivity contribution is 5.78. The first-order valence-corrected chi connectivity index (χ1v) is 5.07. The largest absolute Gasteiger partial charge is 0.383 e. The van der Waals surface area contributed by atoms with Crippen LogP contribution >= 0.6 is 0 Å². The number of rotatable bonds is 5. The van der Waals surface area contributed by atoms with E-state index in [2.05, 4.69) is 18.8 Å². The number of hydrogen-bond acceptors (Lipinski definition) is 2. The van der Waals surface area contributed by atoms with Gasteiger partial charge in [0, 0.05) is 25.7 Å². The van der Waals surface area contributed by atoms with Gasteiger partial charge >= 0.3 is 0 Å². The highest BCUT2D eigenvalue weighted by Gasteiger charge is 2.11. The van der Waals surface area contributed by atoms with E-state index in [1.165, 1.54) is 0 Å². The van der Waals surface area contributed by atoms with Gasteiger partial charge in [0.25, 0.3) is 0 Å². The van der Waals surface area contributed by atoms with E-state index in [9.17, 15) is 0 Å². The van der Waals surface area contributed by atoms with Gasteiger partial charge in [-0.3, -0.25) is 4.99 Å². The molecule has 0 atom stereocenters. The van der Waals surface area contributed by atoms with E-state index < -0.39 is 0 Å². The molecule has 0 aliphatic rings. The molecule has 0 bridgehead atoms. The van der Waals surface area contributed by atoms with Gasteiger partial charge in [-0.15, -0.1) is 0 Å². The Balaban J connectivity index is 4.32. The molecule has 84 valence electrons. The number of aliphatic imine (C=N–C) groups is 1. The van der Waals surface area contributed by atoms with Crippen LogP contribution in [-0.4, -0.2) is 43.2 Å². The maximum atomic E-state index is 5.88. The third-order valence-electron chi connectivity index (χ3n) is 1.84. The van der Waals surface area contributed by atoms with Crippen LogP contribution in [0, 0.1) is 0 Å². The fraction of sp³-hybridized carbons (Fsp3) is 0.900. The highest BCUT2D eigenvalue weighted by Crippen LogP contribution is 1.99. The Hall–Kier alpha value is -0.770. The number of hydrogen-bond donors (Lipinski definition) is 1. The summed E-state index contributed by atoms with van der Waals surface area (Å²) in [5, 5.41) is 0. The van der Waals surface area contributed by atoms with Gasteiger partial charge in [-0.25, -0.2) is 0 Å². The fourth-order valence-corrected chi connectivity index (χ4v) is 1.17. The molecule has 0 radical (unpaired) electrons. The van der Waals surface area contributed by atoms with Gasteiger partial charge in [0.2, 0.25) is 0 Å². The van der Waals surface area contributed by atoms with Crippen molar-refractivity contribution >= 4 is 5.96 Å². The monoisotopic (exact) mass is 201 g/mol. The summed E-state index contributed by atoms with van der Waals surface area (Å²) >= 11 is 0.